The number of rotatable bonds is 5. The van der Waals surface area contributed by atoms with Crippen molar-refractivity contribution in [3.8, 4) is 0 Å². The highest BCUT2D eigenvalue weighted by molar-refractivity contribution is 5.85. The van der Waals surface area contributed by atoms with E-state index in [-0.39, 0.29) is 35.8 Å². The number of hydrogen-bond acceptors (Lipinski definition) is 3. The van der Waals surface area contributed by atoms with Gasteiger partial charge < -0.3 is 16.2 Å². The van der Waals surface area contributed by atoms with Gasteiger partial charge in [-0.25, -0.2) is 0 Å². The van der Waals surface area contributed by atoms with Gasteiger partial charge in [-0.15, -0.1) is 12.4 Å². The fraction of sp³-hybridized carbons (Fsp3) is 0.933. The SMILES string of the molecule is Cl.NCC1(CC(=O)NCC2CCCC2O)CCCCC1. The van der Waals surface area contributed by atoms with Gasteiger partial charge in [0.05, 0.1) is 6.10 Å². The van der Waals surface area contributed by atoms with Gasteiger partial charge in [0.1, 0.15) is 0 Å². The molecule has 2 aliphatic carbocycles. The van der Waals surface area contributed by atoms with Gasteiger partial charge in [0, 0.05) is 18.9 Å². The summed E-state index contributed by atoms with van der Waals surface area (Å²) in [5.41, 5.74) is 5.95. The quantitative estimate of drug-likeness (QED) is 0.727. The fourth-order valence-corrected chi connectivity index (χ4v) is 3.66. The minimum absolute atomic E-state index is 0. The van der Waals surface area contributed by atoms with E-state index >= 15 is 0 Å². The van der Waals surface area contributed by atoms with Crippen molar-refractivity contribution in [3.05, 3.63) is 0 Å². The van der Waals surface area contributed by atoms with Gasteiger partial charge in [-0.05, 0) is 37.6 Å². The number of hydrogen-bond donors (Lipinski definition) is 3. The van der Waals surface area contributed by atoms with Crippen LogP contribution in [0.4, 0.5) is 0 Å². The van der Waals surface area contributed by atoms with E-state index in [1.807, 2.05) is 0 Å². The Labute approximate surface area is 128 Å². The highest BCUT2D eigenvalue weighted by atomic mass is 35.5. The van der Waals surface area contributed by atoms with Gasteiger partial charge in [0.15, 0.2) is 0 Å². The predicted octanol–water partition coefficient (Wildman–Crippen LogP) is 1.98. The van der Waals surface area contributed by atoms with Crippen LogP contribution in [0, 0.1) is 11.3 Å². The van der Waals surface area contributed by atoms with Gasteiger partial charge >= 0.3 is 0 Å². The van der Waals surface area contributed by atoms with Gasteiger partial charge in [0.2, 0.25) is 5.91 Å². The lowest BCUT2D eigenvalue weighted by Gasteiger charge is -2.35. The smallest absolute Gasteiger partial charge is 0.220 e. The van der Waals surface area contributed by atoms with E-state index in [1.54, 1.807) is 0 Å². The van der Waals surface area contributed by atoms with Crippen molar-refractivity contribution < 1.29 is 9.90 Å². The van der Waals surface area contributed by atoms with Crippen LogP contribution < -0.4 is 11.1 Å². The number of halogens is 1. The molecule has 2 saturated carbocycles. The molecule has 2 rings (SSSR count). The summed E-state index contributed by atoms with van der Waals surface area (Å²) in [6.07, 6.45) is 9.18. The van der Waals surface area contributed by atoms with E-state index in [0.29, 0.717) is 19.5 Å². The second-order valence-corrected chi connectivity index (χ2v) is 6.50. The average Bonchev–Trinajstić information content (AvgIpc) is 2.83. The van der Waals surface area contributed by atoms with Gasteiger partial charge in [-0.3, -0.25) is 4.79 Å². The first-order valence-corrected chi connectivity index (χ1v) is 7.80. The van der Waals surface area contributed by atoms with Crippen molar-refractivity contribution in [2.45, 2.75) is 63.9 Å². The molecule has 4 N–H and O–H groups in total. The highest BCUT2D eigenvalue weighted by Crippen LogP contribution is 2.38. The maximum Gasteiger partial charge on any atom is 0.220 e. The summed E-state index contributed by atoms with van der Waals surface area (Å²) in [5, 5.41) is 12.8. The normalized spacial score (nSPS) is 28.7. The second kappa shape index (κ2) is 8.20. The number of aliphatic hydroxyl groups is 1. The van der Waals surface area contributed by atoms with Crippen LogP contribution in [0.5, 0.6) is 0 Å². The molecule has 0 aliphatic heterocycles. The standard InChI is InChI=1S/C15H28N2O2.ClH/c16-11-15(7-2-1-3-8-15)9-14(19)17-10-12-5-4-6-13(12)18;/h12-13,18H,1-11,16H2,(H,17,19);1H. The lowest BCUT2D eigenvalue weighted by Crippen LogP contribution is -2.40. The van der Waals surface area contributed by atoms with Crippen molar-refractivity contribution in [1.29, 1.82) is 0 Å². The molecule has 1 amide bonds. The number of amides is 1. The Morgan fingerprint density at radius 2 is 1.90 bits per heavy atom. The molecule has 2 fully saturated rings. The van der Waals surface area contributed by atoms with Crippen molar-refractivity contribution in [3.63, 3.8) is 0 Å². The van der Waals surface area contributed by atoms with Crippen LogP contribution in [0.2, 0.25) is 0 Å². The highest BCUT2D eigenvalue weighted by Gasteiger charge is 2.33. The number of nitrogens with one attached hydrogen (secondary N) is 1. The first-order valence-electron chi connectivity index (χ1n) is 7.80. The summed E-state index contributed by atoms with van der Waals surface area (Å²) < 4.78 is 0. The van der Waals surface area contributed by atoms with Crippen molar-refractivity contribution in [1.82, 2.24) is 5.32 Å². The third-order valence-electron chi connectivity index (χ3n) is 5.06. The summed E-state index contributed by atoms with van der Waals surface area (Å²) in [4.78, 5) is 12.1. The first kappa shape index (κ1) is 17.7. The Morgan fingerprint density at radius 1 is 1.20 bits per heavy atom. The van der Waals surface area contributed by atoms with Crippen molar-refractivity contribution in [2.24, 2.45) is 17.1 Å². The summed E-state index contributed by atoms with van der Waals surface area (Å²) in [6, 6.07) is 0. The summed E-state index contributed by atoms with van der Waals surface area (Å²) >= 11 is 0. The Hall–Kier alpha value is -0.320. The molecule has 0 spiro atoms. The Bertz CT molecular complexity index is 306. The Morgan fingerprint density at radius 3 is 2.45 bits per heavy atom. The molecular formula is C15H29ClN2O2. The van der Waals surface area contributed by atoms with Gasteiger partial charge in [-0.2, -0.15) is 0 Å². The van der Waals surface area contributed by atoms with E-state index in [4.69, 9.17) is 5.73 Å². The molecule has 2 unspecified atom stereocenters. The van der Waals surface area contributed by atoms with E-state index in [0.717, 1.165) is 32.1 Å². The number of carbonyl (C=O) groups excluding carboxylic acids is 1. The minimum atomic E-state index is -0.224. The van der Waals surface area contributed by atoms with Crippen molar-refractivity contribution >= 4 is 18.3 Å². The molecule has 0 heterocycles. The van der Waals surface area contributed by atoms with E-state index in [9.17, 15) is 9.90 Å². The van der Waals surface area contributed by atoms with Crippen molar-refractivity contribution in [2.75, 3.05) is 13.1 Å². The lowest BCUT2D eigenvalue weighted by molar-refractivity contribution is -0.124. The molecule has 20 heavy (non-hydrogen) atoms. The molecule has 2 aliphatic rings. The molecule has 0 radical (unpaired) electrons. The van der Waals surface area contributed by atoms with E-state index in [1.165, 1.54) is 19.3 Å². The average molecular weight is 305 g/mol. The zero-order chi connectivity index (χ0) is 13.7. The molecule has 0 saturated heterocycles. The zero-order valence-corrected chi connectivity index (χ0v) is 13.1. The number of aliphatic hydroxyl groups excluding tert-OH is 1. The van der Waals surface area contributed by atoms with Crippen LogP contribution in [0.25, 0.3) is 0 Å². The Kier molecular flexibility index (Phi) is 7.27. The Balaban J connectivity index is 0.00000200. The maximum atomic E-state index is 12.1. The van der Waals surface area contributed by atoms with Crippen LogP contribution in [-0.2, 0) is 4.79 Å². The molecule has 4 nitrogen and oxygen atoms in total. The summed E-state index contributed by atoms with van der Waals surface area (Å²) in [6.45, 7) is 1.24. The molecule has 0 aromatic carbocycles. The lowest BCUT2D eigenvalue weighted by atomic mass is 9.71. The van der Waals surface area contributed by atoms with Gasteiger partial charge in [0.25, 0.3) is 0 Å². The number of carbonyl (C=O) groups is 1. The topological polar surface area (TPSA) is 75.4 Å². The molecule has 0 aromatic heterocycles. The van der Waals surface area contributed by atoms with Crippen LogP contribution >= 0.6 is 12.4 Å². The zero-order valence-electron chi connectivity index (χ0n) is 12.3. The predicted molar refractivity (Wildman–Crippen MR) is 82.8 cm³/mol. The van der Waals surface area contributed by atoms with Crippen LogP contribution in [0.1, 0.15) is 57.8 Å². The molecule has 0 aromatic rings. The van der Waals surface area contributed by atoms with Crippen LogP contribution in [0.15, 0.2) is 0 Å². The minimum Gasteiger partial charge on any atom is -0.393 e. The largest absolute Gasteiger partial charge is 0.393 e. The fourth-order valence-electron chi connectivity index (χ4n) is 3.66. The first-order chi connectivity index (χ1) is 9.15. The van der Waals surface area contributed by atoms with Gasteiger partial charge in [-0.1, -0.05) is 25.7 Å². The molecule has 0 bridgehead atoms. The third-order valence-corrected chi connectivity index (χ3v) is 5.06. The molecule has 118 valence electrons. The monoisotopic (exact) mass is 304 g/mol. The second-order valence-electron chi connectivity index (χ2n) is 6.50. The maximum absolute atomic E-state index is 12.1. The van der Waals surface area contributed by atoms with E-state index in [2.05, 4.69) is 5.32 Å². The van der Waals surface area contributed by atoms with Crippen LogP contribution in [0.3, 0.4) is 0 Å². The molecule has 5 heteroatoms. The molecular weight excluding hydrogens is 276 g/mol. The summed E-state index contributed by atoms with van der Waals surface area (Å²) in [5.74, 6) is 0.371. The molecule has 2 atom stereocenters. The summed E-state index contributed by atoms with van der Waals surface area (Å²) in [7, 11) is 0. The third kappa shape index (κ3) is 4.61. The van der Waals surface area contributed by atoms with Crippen LogP contribution in [-0.4, -0.2) is 30.2 Å². The number of nitrogens with two attached hydrogens (primary N) is 1. The van der Waals surface area contributed by atoms with E-state index < -0.39 is 0 Å².